The van der Waals surface area contributed by atoms with Crippen LogP contribution < -0.4 is 0 Å². The first-order valence-corrected chi connectivity index (χ1v) is 4.33. The molecule has 1 N–H and O–H groups in total. The summed E-state index contributed by atoms with van der Waals surface area (Å²) in [5.41, 5.74) is 0.958. The van der Waals surface area contributed by atoms with E-state index in [9.17, 15) is 5.11 Å². The lowest BCUT2D eigenvalue weighted by Gasteiger charge is -2.16. The molecule has 2 atom stereocenters. The van der Waals surface area contributed by atoms with Gasteiger partial charge in [-0.2, -0.15) is 0 Å². The van der Waals surface area contributed by atoms with Crippen LogP contribution in [0.15, 0.2) is 24.5 Å². The summed E-state index contributed by atoms with van der Waals surface area (Å²) >= 11 is 0. The summed E-state index contributed by atoms with van der Waals surface area (Å²) < 4.78 is 0. The van der Waals surface area contributed by atoms with Crippen LogP contribution >= 0.6 is 0 Å². The molecule has 0 spiro atoms. The van der Waals surface area contributed by atoms with Crippen LogP contribution in [0.3, 0.4) is 0 Å². The smallest absolute Gasteiger partial charge is 0.0816 e. The van der Waals surface area contributed by atoms with Gasteiger partial charge in [0.2, 0.25) is 0 Å². The number of aliphatic hydroxyl groups excluding tert-OH is 1. The Morgan fingerprint density at radius 1 is 1.42 bits per heavy atom. The van der Waals surface area contributed by atoms with Crippen molar-refractivity contribution in [2.24, 2.45) is 5.92 Å². The number of rotatable bonds is 3. The van der Waals surface area contributed by atoms with Gasteiger partial charge in [-0.25, -0.2) is 0 Å². The third-order valence-electron chi connectivity index (χ3n) is 2.23. The summed E-state index contributed by atoms with van der Waals surface area (Å²) in [6, 6.07) is 3.72. The SMILES string of the molecule is CCC(C)C(O)c1ccncc1. The van der Waals surface area contributed by atoms with Crippen molar-refractivity contribution in [3.8, 4) is 0 Å². The molecule has 0 radical (unpaired) electrons. The topological polar surface area (TPSA) is 33.1 Å². The van der Waals surface area contributed by atoms with E-state index >= 15 is 0 Å². The standard InChI is InChI=1S/C10H15NO/c1-3-8(2)10(12)9-4-6-11-7-5-9/h4-8,10,12H,3H2,1-2H3. The second-order valence-electron chi connectivity index (χ2n) is 3.11. The van der Waals surface area contributed by atoms with Crippen LogP contribution in [0.25, 0.3) is 0 Å². The molecular weight excluding hydrogens is 150 g/mol. The lowest BCUT2D eigenvalue weighted by Crippen LogP contribution is -2.07. The zero-order valence-electron chi connectivity index (χ0n) is 7.57. The molecule has 2 heteroatoms. The number of aromatic nitrogens is 1. The number of pyridine rings is 1. The van der Waals surface area contributed by atoms with Crippen LogP contribution in [0.5, 0.6) is 0 Å². The molecule has 0 bridgehead atoms. The van der Waals surface area contributed by atoms with Crippen molar-refractivity contribution in [3.05, 3.63) is 30.1 Å². The third-order valence-corrected chi connectivity index (χ3v) is 2.23. The van der Waals surface area contributed by atoms with Gasteiger partial charge in [-0.15, -0.1) is 0 Å². The van der Waals surface area contributed by atoms with Gasteiger partial charge in [0.05, 0.1) is 6.10 Å². The normalized spacial score (nSPS) is 15.6. The van der Waals surface area contributed by atoms with Crippen LogP contribution in [-0.4, -0.2) is 10.1 Å². The van der Waals surface area contributed by atoms with Crippen molar-refractivity contribution < 1.29 is 5.11 Å². The maximum absolute atomic E-state index is 9.76. The van der Waals surface area contributed by atoms with Crippen molar-refractivity contribution in [1.82, 2.24) is 4.98 Å². The predicted octanol–water partition coefficient (Wildman–Crippen LogP) is 2.16. The molecule has 0 aliphatic carbocycles. The van der Waals surface area contributed by atoms with Gasteiger partial charge in [0.1, 0.15) is 0 Å². The molecule has 0 aliphatic rings. The van der Waals surface area contributed by atoms with Crippen molar-refractivity contribution in [2.45, 2.75) is 26.4 Å². The van der Waals surface area contributed by atoms with Gasteiger partial charge < -0.3 is 5.11 Å². The van der Waals surface area contributed by atoms with Gasteiger partial charge >= 0.3 is 0 Å². The van der Waals surface area contributed by atoms with Crippen molar-refractivity contribution in [2.75, 3.05) is 0 Å². The lowest BCUT2D eigenvalue weighted by atomic mass is 9.96. The summed E-state index contributed by atoms with van der Waals surface area (Å²) in [6.07, 6.45) is 4.06. The molecule has 1 aromatic rings. The van der Waals surface area contributed by atoms with Gasteiger partial charge in [0, 0.05) is 12.4 Å². The minimum atomic E-state index is -0.349. The van der Waals surface area contributed by atoms with Gasteiger partial charge in [-0.1, -0.05) is 20.3 Å². The number of hydrogen-bond acceptors (Lipinski definition) is 2. The Balaban J connectivity index is 2.71. The highest BCUT2D eigenvalue weighted by molar-refractivity contribution is 5.13. The number of aliphatic hydroxyl groups is 1. The highest BCUT2D eigenvalue weighted by Gasteiger charge is 2.13. The molecule has 2 unspecified atom stereocenters. The molecule has 0 saturated carbocycles. The first-order chi connectivity index (χ1) is 5.75. The van der Waals surface area contributed by atoms with Crippen molar-refractivity contribution in [3.63, 3.8) is 0 Å². The summed E-state index contributed by atoms with van der Waals surface area (Å²) in [7, 11) is 0. The first-order valence-electron chi connectivity index (χ1n) is 4.33. The number of nitrogens with zero attached hydrogens (tertiary/aromatic N) is 1. The van der Waals surface area contributed by atoms with Gasteiger partial charge in [0.15, 0.2) is 0 Å². The molecule has 66 valence electrons. The Kier molecular flexibility index (Phi) is 3.23. The highest BCUT2D eigenvalue weighted by Crippen LogP contribution is 2.22. The molecule has 0 amide bonds. The molecular formula is C10H15NO. The highest BCUT2D eigenvalue weighted by atomic mass is 16.3. The van der Waals surface area contributed by atoms with E-state index in [4.69, 9.17) is 0 Å². The summed E-state index contributed by atoms with van der Waals surface area (Å²) in [4.78, 5) is 3.90. The van der Waals surface area contributed by atoms with Crippen LogP contribution in [0.2, 0.25) is 0 Å². The maximum atomic E-state index is 9.76. The van der Waals surface area contributed by atoms with E-state index in [0.717, 1.165) is 12.0 Å². The molecule has 1 aromatic heterocycles. The van der Waals surface area contributed by atoms with E-state index in [1.54, 1.807) is 12.4 Å². The third kappa shape index (κ3) is 2.05. The Hall–Kier alpha value is -0.890. The minimum absolute atomic E-state index is 0.312. The largest absolute Gasteiger partial charge is 0.388 e. The monoisotopic (exact) mass is 165 g/mol. The predicted molar refractivity (Wildman–Crippen MR) is 48.7 cm³/mol. The molecule has 0 aromatic carbocycles. The molecule has 2 nitrogen and oxygen atoms in total. The molecule has 0 aliphatic heterocycles. The minimum Gasteiger partial charge on any atom is -0.388 e. The average Bonchev–Trinajstić information content (AvgIpc) is 2.17. The second-order valence-corrected chi connectivity index (χ2v) is 3.11. The molecule has 1 rings (SSSR count). The lowest BCUT2D eigenvalue weighted by molar-refractivity contribution is 0.115. The Morgan fingerprint density at radius 3 is 2.50 bits per heavy atom. The zero-order valence-corrected chi connectivity index (χ0v) is 7.57. The van der Waals surface area contributed by atoms with E-state index in [2.05, 4.69) is 11.9 Å². The van der Waals surface area contributed by atoms with E-state index in [-0.39, 0.29) is 6.10 Å². The van der Waals surface area contributed by atoms with E-state index < -0.39 is 0 Å². The van der Waals surface area contributed by atoms with Crippen LogP contribution in [0.4, 0.5) is 0 Å². The van der Waals surface area contributed by atoms with Crippen LogP contribution in [-0.2, 0) is 0 Å². The second kappa shape index (κ2) is 4.21. The fourth-order valence-electron chi connectivity index (χ4n) is 1.11. The van der Waals surface area contributed by atoms with E-state index in [1.807, 2.05) is 19.1 Å². The Labute approximate surface area is 73.3 Å². The molecule has 12 heavy (non-hydrogen) atoms. The van der Waals surface area contributed by atoms with Gasteiger partial charge in [-0.3, -0.25) is 4.98 Å². The van der Waals surface area contributed by atoms with Crippen LogP contribution in [0, 0.1) is 5.92 Å². The summed E-state index contributed by atoms with van der Waals surface area (Å²) in [5, 5.41) is 9.76. The fourth-order valence-corrected chi connectivity index (χ4v) is 1.11. The fraction of sp³-hybridized carbons (Fsp3) is 0.500. The molecule has 1 heterocycles. The number of hydrogen-bond donors (Lipinski definition) is 1. The first kappa shape index (κ1) is 9.20. The van der Waals surface area contributed by atoms with Gasteiger partial charge in [-0.05, 0) is 23.6 Å². The average molecular weight is 165 g/mol. The maximum Gasteiger partial charge on any atom is 0.0816 e. The molecule has 0 fully saturated rings. The van der Waals surface area contributed by atoms with Crippen LogP contribution in [0.1, 0.15) is 31.9 Å². The molecule has 0 saturated heterocycles. The Morgan fingerprint density at radius 2 is 2.00 bits per heavy atom. The quantitative estimate of drug-likeness (QED) is 0.744. The van der Waals surface area contributed by atoms with E-state index in [1.165, 1.54) is 0 Å². The van der Waals surface area contributed by atoms with E-state index in [0.29, 0.717) is 5.92 Å². The zero-order chi connectivity index (χ0) is 8.97. The summed E-state index contributed by atoms with van der Waals surface area (Å²) in [6.45, 7) is 4.13. The Bertz CT molecular complexity index is 223. The van der Waals surface area contributed by atoms with Crippen molar-refractivity contribution >= 4 is 0 Å². The van der Waals surface area contributed by atoms with Gasteiger partial charge in [0.25, 0.3) is 0 Å². The van der Waals surface area contributed by atoms with Crippen molar-refractivity contribution in [1.29, 1.82) is 0 Å². The summed E-state index contributed by atoms with van der Waals surface area (Å²) in [5.74, 6) is 0.312.